The van der Waals surface area contributed by atoms with Crippen molar-refractivity contribution in [3.8, 4) is 0 Å². The number of para-hydroxylation sites is 1. The summed E-state index contributed by atoms with van der Waals surface area (Å²) in [6.45, 7) is 0. The number of carbonyl (C=O) groups excluding carboxylic acids is 2. The second kappa shape index (κ2) is 5.14. The standard InChI is InChI=1S/C15H11NO4S/c1-20-15(18)9-6-7-10-13(8-9)21(19)12-5-3-2-4-11(12)16-14(10)17/h2-8H,1H3,(H,16,17). The summed E-state index contributed by atoms with van der Waals surface area (Å²) in [6, 6.07) is 11.3. The van der Waals surface area contributed by atoms with Gasteiger partial charge in [-0.25, -0.2) is 9.00 Å². The highest BCUT2D eigenvalue weighted by Gasteiger charge is 2.25. The molecule has 0 saturated heterocycles. The Bertz CT molecular complexity index is 785. The summed E-state index contributed by atoms with van der Waals surface area (Å²) < 4.78 is 17.4. The molecule has 1 aliphatic heterocycles. The van der Waals surface area contributed by atoms with Gasteiger partial charge in [0.25, 0.3) is 5.91 Å². The summed E-state index contributed by atoms with van der Waals surface area (Å²) in [5.41, 5.74) is 1.06. The monoisotopic (exact) mass is 301 g/mol. The van der Waals surface area contributed by atoms with Crippen LogP contribution >= 0.6 is 0 Å². The first-order valence-electron chi connectivity index (χ1n) is 6.16. The van der Waals surface area contributed by atoms with Gasteiger partial charge in [-0.15, -0.1) is 0 Å². The maximum absolute atomic E-state index is 12.7. The average Bonchev–Trinajstić information content (AvgIpc) is 2.62. The minimum atomic E-state index is -1.55. The number of nitrogens with one attached hydrogen (secondary N) is 1. The Morgan fingerprint density at radius 1 is 1.14 bits per heavy atom. The first-order chi connectivity index (χ1) is 10.1. The minimum Gasteiger partial charge on any atom is -0.465 e. The van der Waals surface area contributed by atoms with E-state index in [0.29, 0.717) is 15.5 Å². The van der Waals surface area contributed by atoms with Gasteiger partial charge in [-0.3, -0.25) is 4.79 Å². The van der Waals surface area contributed by atoms with Crippen molar-refractivity contribution in [2.75, 3.05) is 12.4 Å². The van der Waals surface area contributed by atoms with Gasteiger partial charge < -0.3 is 10.1 Å². The van der Waals surface area contributed by atoms with E-state index in [9.17, 15) is 13.8 Å². The Hall–Kier alpha value is -2.47. The summed E-state index contributed by atoms with van der Waals surface area (Å²) in [5, 5.41) is 2.72. The maximum Gasteiger partial charge on any atom is 0.337 e. The second-order valence-electron chi connectivity index (χ2n) is 4.42. The number of amides is 1. The van der Waals surface area contributed by atoms with Crippen molar-refractivity contribution < 1.29 is 18.5 Å². The Kier molecular flexibility index (Phi) is 3.31. The first kappa shape index (κ1) is 13.5. The Balaban J connectivity index is 2.21. The van der Waals surface area contributed by atoms with Crippen molar-refractivity contribution in [1.29, 1.82) is 0 Å². The van der Waals surface area contributed by atoms with E-state index in [4.69, 9.17) is 0 Å². The van der Waals surface area contributed by atoms with Gasteiger partial charge in [0.15, 0.2) is 0 Å². The molecule has 1 N–H and O–H groups in total. The van der Waals surface area contributed by atoms with Gasteiger partial charge in [-0.2, -0.15) is 0 Å². The normalized spacial score (nSPS) is 16.2. The predicted octanol–water partition coefficient (Wildman–Crippen LogP) is 2.21. The third kappa shape index (κ3) is 2.23. The Morgan fingerprint density at radius 3 is 2.67 bits per heavy atom. The fourth-order valence-electron chi connectivity index (χ4n) is 2.15. The lowest BCUT2D eigenvalue weighted by Gasteiger charge is -2.06. The summed E-state index contributed by atoms with van der Waals surface area (Å²) in [7, 11) is -0.277. The fraction of sp³-hybridized carbons (Fsp3) is 0.0667. The number of ether oxygens (including phenoxy) is 1. The second-order valence-corrected chi connectivity index (χ2v) is 5.84. The van der Waals surface area contributed by atoms with Gasteiger partial charge in [0, 0.05) is 0 Å². The van der Waals surface area contributed by atoms with Gasteiger partial charge in [-0.05, 0) is 30.3 Å². The highest BCUT2D eigenvalue weighted by atomic mass is 32.2. The quantitative estimate of drug-likeness (QED) is 0.820. The molecule has 6 heteroatoms. The molecule has 21 heavy (non-hydrogen) atoms. The third-order valence-corrected chi connectivity index (χ3v) is 4.67. The molecule has 0 bridgehead atoms. The molecule has 0 aliphatic carbocycles. The largest absolute Gasteiger partial charge is 0.465 e. The molecule has 1 unspecified atom stereocenters. The van der Waals surface area contributed by atoms with Crippen LogP contribution in [0.2, 0.25) is 0 Å². The van der Waals surface area contributed by atoms with Crippen molar-refractivity contribution in [3.63, 3.8) is 0 Å². The van der Waals surface area contributed by atoms with Crippen molar-refractivity contribution in [1.82, 2.24) is 0 Å². The van der Waals surface area contributed by atoms with Crippen LogP contribution in [0.5, 0.6) is 0 Å². The zero-order valence-corrected chi connectivity index (χ0v) is 11.9. The maximum atomic E-state index is 12.7. The molecule has 0 aromatic heterocycles. The van der Waals surface area contributed by atoms with E-state index in [0.717, 1.165) is 0 Å². The molecule has 106 valence electrons. The molecular weight excluding hydrogens is 290 g/mol. The van der Waals surface area contributed by atoms with Gasteiger partial charge in [0.2, 0.25) is 0 Å². The molecule has 1 amide bonds. The van der Waals surface area contributed by atoms with Crippen LogP contribution in [-0.2, 0) is 15.5 Å². The van der Waals surface area contributed by atoms with E-state index in [1.807, 2.05) is 0 Å². The molecular formula is C15H11NO4S. The highest BCUT2D eigenvalue weighted by Crippen LogP contribution is 2.31. The van der Waals surface area contributed by atoms with Crippen LogP contribution in [-0.4, -0.2) is 23.2 Å². The zero-order valence-electron chi connectivity index (χ0n) is 11.1. The Labute approximate surface area is 123 Å². The van der Waals surface area contributed by atoms with E-state index in [2.05, 4.69) is 10.1 Å². The smallest absolute Gasteiger partial charge is 0.337 e. The van der Waals surface area contributed by atoms with Gasteiger partial charge in [-0.1, -0.05) is 12.1 Å². The number of methoxy groups -OCH3 is 1. The van der Waals surface area contributed by atoms with Gasteiger partial charge >= 0.3 is 5.97 Å². The molecule has 2 aromatic carbocycles. The lowest BCUT2D eigenvalue weighted by Crippen LogP contribution is -2.12. The van der Waals surface area contributed by atoms with Crippen molar-refractivity contribution >= 4 is 28.4 Å². The van der Waals surface area contributed by atoms with Crippen LogP contribution in [0.15, 0.2) is 52.3 Å². The van der Waals surface area contributed by atoms with E-state index in [1.165, 1.54) is 25.3 Å². The van der Waals surface area contributed by atoms with Crippen LogP contribution in [0, 0.1) is 0 Å². The van der Waals surface area contributed by atoms with Gasteiger partial charge in [0.1, 0.15) is 0 Å². The highest BCUT2D eigenvalue weighted by molar-refractivity contribution is 7.85. The molecule has 0 saturated carbocycles. The van der Waals surface area contributed by atoms with Crippen LogP contribution in [0.25, 0.3) is 0 Å². The molecule has 0 fully saturated rings. The Morgan fingerprint density at radius 2 is 1.90 bits per heavy atom. The van der Waals surface area contributed by atoms with E-state index >= 15 is 0 Å². The number of benzene rings is 2. The number of anilines is 1. The lowest BCUT2D eigenvalue weighted by atomic mass is 10.1. The number of fused-ring (bicyclic) bond motifs is 2. The molecule has 0 spiro atoms. The number of carbonyl (C=O) groups is 2. The molecule has 2 aromatic rings. The van der Waals surface area contributed by atoms with Crippen molar-refractivity contribution in [2.24, 2.45) is 0 Å². The van der Waals surface area contributed by atoms with E-state index in [1.54, 1.807) is 24.3 Å². The summed E-state index contributed by atoms with van der Waals surface area (Å²) in [5.74, 6) is -0.882. The van der Waals surface area contributed by atoms with Crippen LogP contribution < -0.4 is 5.32 Å². The summed E-state index contributed by atoms with van der Waals surface area (Å²) in [4.78, 5) is 24.6. The average molecular weight is 301 g/mol. The van der Waals surface area contributed by atoms with Crippen LogP contribution in [0.4, 0.5) is 5.69 Å². The molecule has 1 atom stereocenters. The number of rotatable bonds is 1. The third-order valence-electron chi connectivity index (χ3n) is 3.18. The summed E-state index contributed by atoms with van der Waals surface area (Å²) in [6.07, 6.45) is 0. The van der Waals surface area contributed by atoms with Crippen LogP contribution in [0.1, 0.15) is 20.7 Å². The van der Waals surface area contributed by atoms with Crippen LogP contribution in [0.3, 0.4) is 0 Å². The zero-order chi connectivity index (χ0) is 15.0. The number of hydrogen-bond donors (Lipinski definition) is 1. The van der Waals surface area contributed by atoms with Gasteiger partial charge in [0.05, 0.1) is 44.5 Å². The topological polar surface area (TPSA) is 72.5 Å². The predicted molar refractivity (Wildman–Crippen MR) is 76.9 cm³/mol. The number of esters is 1. The molecule has 3 rings (SSSR count). The molecule has 1 aliphatic rings. The minimum absolute atomic E-state index is 0.261. The number of hydrogen-bond acceptors (Lipinski definition) is 4. The molecule has 5 nitrogen and oxygen atoms in total. The van der Waals surface area contributed by atoms with E-state index in [-0.39, 0.29) is 17.0 Å². The molecule has 1 heterocycles. The lowest BCUT2D eigenvalue weighted by molar-refractivity contribution is 0.0600. The first-order valence-corrected chi connectivity index (χ1v) is 7.31. The fourth-order valence-corrected chi connectivity index (χ4v) is 3.50. The molecule has 0 radical (unpaired) electrons. The van der Waals surface area contributed by atoms with Crippen molar-refractivity contribution in [3.05, 3.63) is 53.6 Å². The SMILES string of the molecule is COC(=O)c1ccc2c(c1)S(=O)c1ccccc1NC2=O. The summed E-state index contributed by atoms with van der Waals surface area (Å²) >= 11 is 0. The van der Waals surface area contributed by atoms with E-state index < -0.39 is 16.8 Å². The van der Waals surface area contributed by atoms with Crippen molar-refractivity contribution in [2.45, 2.75) is 9.79 Å².